The van der Waals surface area contributed by atoms with E-state index in [4.69, 9.17) is 33.2 Å². The van der Waals surface area contributed by atoms with Gasteiger partial charge in [0.15, 0.2) is 11.2 Å². The summed E-state index contributed by atoms with van der Waals surface area (Å²) in [6.07, 6.45) is -1.45. The van der Waals surface area contributed by atoms with E-state index in [1.54, 1.807) is 55.4 Å². The topological polar surface area (TPSA) is 173 Å². The van der Waals surface area contributed by atoms with Crippen molar-refractivity contribution in [1.29, 1.82) is 0 Å². The van der Waals surface area contributed by atoms with Gasteiger partial charge in [0.2, 0.25) is 0 Å². The minimum absolute atomic E-state index is 0. The molecule has 270 valence electrons. The molecule has 0 fully saturated rings. The average molecular weight is 829 g/mol. The second-order valence-electron chi connectivity index (χ2n) is 12.7. The molecule has 47 heavy (non-hydrogen) atoms. The Morgan fingerprint density at radius 1 is 0.553 bits per heavy atom. The van der Waals surface area contributed by atoms with Gasteiger partial charge in [-0.2, -0.15) is 0 Å². The molecule has 6 unspecified atom stereocenters. The van der Waals surface area contributed by atoms with Crippen LogP contribution in [0, 0.1) is 11.8 Å². The van der Waals surface area contributed by atoms with Crippen molar-refractivity contribution in [2.24, 2.45) is 11.8 Å². The van der Waals surface area contributed by atoms with Crippen molar-refractivity contribution < 1.29 is 128 Å². The summed E-state index contributed by atoms with van der Waals surface area (Å²) >= 11 is 0. The van der Waals surface area contributed by atoms with Gasteiger partial charge in [-0.1, -0.05) is 27.7 Å². The van der Waals surface area contributed by atoms with Crippen molar-refractivity contribution in [3.63, 3.8) is 0 Å². The first-order chi connectivity index (χ1) is 20.8. The zero-order chi connectivity index (χ0) is 34.8. The number of hydrogen-bond acceptors (Lipinski definition) is 13. The number of carbonyl (C=O) groups is 4. The molecule has 13 nitrogen and oxygen atoms in total. The summed E-state index contributed by atoms with van der Waals surface area (Å²) in [6, 6.07) is 0. The summed E-state index contributed by atoms with van der Waals surface area (Å²) in [4.78, 5) is 49.0. The fourth-order valence-corrected chi connectivity index (χ4v) is 3.79. The quantitative estimate of drug-likeness (QED) is 0.108. The summed E-state index contributed by atoms with van der Waals surface area (Å²) in [5.41, 5.74) is -2.55. The molecule has 15 heteroatoms. The van der Waals surface area contributed by atoms with Crippen molar-refractivity contribution in [1.82, 2.24) is 0 Å². The Bertz CT molecular complexity index is 830. The molecule has 6 atom stereocenters. The molecule has 0 amide bonds. The molecule has 0 saturated heterocycles. The SMILES string of the molecule is CCC(O)COC(=O)C(C)(C)OC(C)COC(=O)CC(C)COCC(C)CC(=O)OCC(C)OC(C)(C)C(=O)OCC(O)CC.[Y].[Y]. The minimum atomic E-state index is -1.28. The van der Waals surface area contributed by atoms with Crippen LogP contribution in [0.3, 0.4) is 0 Å². The van der Waals surface area contributed by atoms with E-state index >= 15 is 0 Å². The van der Waals surface area contributed by atoms with Crippen molar-refractivity contribution in [2.45, 2.75) is 131 Å². The molecule has 0 spiro atoms. The van der Waals surface area contributed by atoms with Crippen LogP contribution in [0.5, 0.6) is 0 Å². The molecule has 2 N–H and O–H groups in total. The Kier molecular flexibility index (Phi) is 29.1. The third kappa shape index (κ3) is 24.6. The van der Waals surface area contributed by atoms with Crippen LogP contribution in [-0.4, -0.2) is 109 Å². The molecule has 0 aromatic carbocycles. The Morgan fingerprint density at radius 3 is 1.17 bits per heavy atom. The van der Waals surface area contributed by atoms with Gasteiger partial charge in [0.1, 0.15) is 26.4 Å². The molecular weight excluding hydrogens is 770 g/mol. The number of hydrogen-bond donors (Lipinski definition) is 2. The van der Waals surface area contributed by atoms with Crippen molar-refractivity contribution in [2.75, 3.05) is 39.6 Å². The van der Waals surface area contributed by atoms with E-state index in [9.17, 15) is 29.4 Å². The number of esters is 4. The van der Waals surface area contributed by atoms with Gasteiger partial charge in [-0.3, -0.25) is 9.59 Å². The van der Waals surface area contributed by atoms with Gasteiger partial charge in [0.05, 0.1) is 37.3 Å². The van der Waals surface area contributed by atoms with Crippen LogP contribution in [-0.2, 0) is 118 Å². The Hall–Kier alpha value is -0.112. The maximum Gasteiger partial charge on any atom is 0.337 e. The second-order valence-corrected chi connectivity index (χ2v) is 12.7. The summed E-state index contributed by atoms with van der Waals surface area (Å²) in [5, 5.41) is 19.1. The van der Waals surface area contributed by atoms with Gasteiger partial charge in [-0.25, -0.2) is 9.59 Å². The minimum Gasteiger partial charge on any atom is -0.463 e. The fourth-order valence-electron chi connectivity index (χ4n) is 3.79. The fraction of sp³-hybridized carbons (Fsp3) is 0.875. The van der Waals surface area contributed by atoms with Crippen LogP contribution in [0.4, 0.5) is 0 Å². The Labute approximate surface area is 331 Å². The van der Waals surface area contributed by atoms with Crippen LogP contribution in [0.1, 0.15) is 94.9 Å². The molecule has 2 radical (unpaired) electrons. The van der Waals surface area contributed by atoms with E-state index in [1.165, 1.54) is 0 Å². The molecule has 0 bridgehead atoms. The number of aliphatic hydroxyl groups excluding tert-OH is 2. The first-order valence-corrected chi connectivity index (χ1v) is 15.8. The molecule has 0 saturated carbocycles. The van der Waals surface area contributed by atoms with Crippen molar-refractivity contribution in [3.05, 3.63) is 0 Å². The molecule has 0 aromatic rings. The molecule has 0 rings (SSSR count). The molecule has 0 heterocycles. The van der Waals surface area contributed by atoms with Gasteiger partial charge in [0.25, 0.3) is 0 Å². The van der Waals surface area contributed by atoms with E-state index in [2.05, 4.69) is 0 Å². The van der Waals surface area contributed by atoms with Crippen LogP contribution >= 0.6 is 0 Å². The number of ether oxygens (including phenoxy) is 7. The zero-order valence-corrected chi connectivity index (χ0v) is 35.8. The first kappa shape index (κ1) is 51.3. The molecule has 0 aliphatic heterocycles. The number of carbonyl (C=O) groups excluding carboxylic acids is 4. The summed E-state index contributed by atoms with van der Waals surface area (Å²) in [5.74, 6) is -2.38. The van der Waals surface area contributed by atoms with Gasteiger partial charge in [0, 0.05) is 78.6 Å². The summed E-state index contributed by atoms with van der Waals surface area (Å²) in [6.45, 7) is 17.0. The maximum absolute atomic E-state index is 12.3. The molecule has 0 aromatic heterocycles. The van der Waals surface area contributed by atoms with E-state index in [-0.39, 0.29) is 130 Å². The first-order valence-electron chi connectivity index (χ1n) is 15.8. The maximum atomic E-state index is 12.3. The van der Waals surface area contributed by atoms with Crippen LogP contribution in [0.25, 0.3) is 0 Å². The normalized spacial score (nSPS) is 15.4. The van der Waals surface area contributed by atoms with E-state index in [1.807, 2.05) is 13.8 Å². The van der Waals surface area contributed by atoms with E-state index < -0.39 is 59.5 Å². The van der Waals surface area contributed by atoms with Gasteiger partial charge in [-0.15, -0.1) is 0 Å². The van der Waals surface area contributed by atoms with Crippen LogP contribution in [0.2, 0.25) is 0 Å². The number of aliphatic hydroxyl groups is 2. The predicted molar refractivity (Wildman–Crippen MR) is 164 cm³/mol. The summed E-state index contributed by atoms with van der Waals surface area (Å²) in [7, 11) is 0. The van der Waals surface area contributed by atoms with Crippen LogP contribution < -0.4 is 0 Å². The number of rotatable bonds is 24. The zero-order valence-electron chi connectivity index (χ0n) is 30.1. The van der Waals surface area contributed by atoms with Gasteiger partial charge in [-0.05, 0) is 66.2 Å². The Balaban J connectivity index is -0.00000968. The Morgan fingerprint density at radius 2 is 0.872 bits per heavy atom. The molecular formula is C32H58O13Y2. The summed E-state index contributed by atoms with van der Waals surface area (Å²) < 4.78 is 37.8. The monoisotopic (exact) mass is 828 g/mol. The molecule has 0 aliphatic rings. The standard InChI is InChI=1S/C32H58O13.2Y/c1-11-25(33)19-42-29(37)31(7,8)44-23(5)17-40-27(35)13-21(3)15-39-16-22(4)14-28(36)41-18-24(6)45-32(9,10)30(38)43-20-26(34)12-2;;/h21-26,33-34H,11-20H2,1-10H3;;. The molecule has 0 aliphatic carbocycles. The van der Waals surface area contributed by atoms with Crippen molar-refractivity contribution >= 4 is 23.9 Å². The van der Waals surface area contributed by atoms with Gasteiger partial charge >= 0.3 is 23.9 Å². The third-order valence-corrected chi connectivity index (χ3v) is 6.52. The average Bonchev–Trinajstić information content (AvgIpc) is 2.95. The predicted octanol–water partition coefficient (Wildman–Crippen LogP) is 3.13. The van der Waals surface area contributed by atoms with E-state index in [0.717, 1.165) is 0 Å². The second kappa shape index (κ2) is 26.7. The van der Waals surface area contributed by atoms with E-state index in [0.29, 0.717) is 12.8 Å². The van der Waals surface area contributed by atoms with Crippen LogP contribution in [0.15, 0.2) is 0 Å². The van der Waals surface area contributed by atoms with Gasteiger partial charge < -0.3 is 43.4 Å². The largest absolute Gasteiger partial charge is 0.463 e. The smallest absolute Gasteiger partial charge is 0.337 e. The third-order valence-electron chi connectivity index (χ3n) is 6.52. The van der Waals surface area contributed by atoms with Crippen molar-refractivity contribution in [3.8, 4) is 0 Å².